The lowest BCUT2D eigenvalue weighted by molar-refractivity contribution is -0.119. The lowest BCUT2D eigenvalue weighted by Gasteiger charge is -2.24. The number of anilines is 1. The van der Waals surface area contributed by atoms with Crippen LogP contribution in [0, 0.1) is 0 Å². The Morgan fingerprint density at radius 3 is 2.71 bits per heavy atom. The number of aromatic nitrogens is 2. The van der Waals surface area contributed by atoms with Crippen molar-refractivity contribution in [2.24, 2.45) is 0 Å². The number of carbonyl (C=O) groups excluding carboxylic acids is 1. The molecular weight excluding hydrogens is 198 g/mol. The number of Topliss-reactive ketones (excluding diaryl/α,β-unsaturated/α-hetero) is 1. The van der Waals surface area contributed by atoms with E-state index in [0.29, 0.717) is 18.6 Å². The molecule has 1 fully saturated rings. The highest BCUT2D eigenvalue weighted by Gasteiger charge is 2.18. The molecule has 14 heavy (non-hydrogen) atoms. The summed E-state index contributed by atoms with van der Waals surface area (Å²) in [4.78, 5) is 17.6. The van der Waals surface area contributed by atoms with Crippen molar-refractivity contribution >= 4 is 22.4 Å². The summed E-state index contributed by atoms with van der Waals surface area (Å²) in [7, 11) is 0. The molecule has 76 valence electrons. The molecule has 1 aromatic rings. The van der Waals surface area contributed by atoms with Crippen LogP contribution in [0.1, 0.15) is 25.6 Å². The second-order valence-corrected chi connectivity index (χ2v) is 4.10. The number of nitrogens with zero attached hydrogens (tertiary/aromatic N) is 3. The smallest absolute Gasteiger partial charge is 0.205 e. The first-order valence-electron chi connectivity index (χ1n) is 4.89. The average molecular weight is 211 g/mol. The standard InChI is InChI=1S/C9H13N3OS/c1-2-8-10-9(14-11-8)12-5-3-7(13)4-6-12/h2-6H2,1H3. The lowest BCUT2D eigenvalue weighted by atomic mass is 10.1. The van der Waals surface area contributed by atoms with E-state index in [2.05, 4.69) is 14.3 Å². The van der Waals surface area contributed by atoms with Crippen LogP contribution in [0.2, 0.25) is 0 Å². The van der Waals surface area contributed by atoms with Gasteiger partial charge in [-0.3, -0.25) is 4.79 Å². The van der Waals surface area contributed by atoms with Crippen molar-refractivity contribution < 1.29 is 4.79 Å². The van der Waals surface area contributed by atoms with Crippen LogP contribution in [0.5, 0.6) is 0 Å². The number of rotatable bonds is 2. The van der Waals surface area contributed by atoms with Gasteiger partial charge in [0.15, 0.2) is 0 Å². The summed E-state index contributed by atoms with van der Waals surface area (Å²) >= 11 is 1.44. The number of piperidine rings is 1. The first kappa shape index (κ1) is 9.58. The maximum atomic E-state index is 11.0. The van der Waals surface area contributed by atoms with Gasteiger partial charge in [0.1, 0.15) is 11.6 Å². The molecule has 0 N–H and O–H groups in total. The fourth-order valence-corrected chi connectivity index (χ4v) is 2.27. The number of aryl methyl sites for hydroxylation is 1. The van der Waals surface area contributed by atoms with Gasteiger partial charge in [-0.05, 0) is 0 Å². The van der Waals surface area contributed by atoms with Gasteiger partial charge >= 0.3 is 0 Å². The van der Waals surface area contributed by atoms with Gasteiger partial charge in [-0.25, -0.2) is 4.98 Å². The highest BCUT2D eigenvalue weighted by Crippen LogP contribution is 2.20. The molecule has 0 saturated carbocycles. The summed E-state index contributed by atoms with van der Waals surface area (Å²) in [5.41, 5.74) is 0. The highest BCUT2D eigenvalue weighted by atomic mass is 32.1. The zero-order valence-electron chi connectivity index (χ0n) is 8.19. The van der Waals surface area contributed by atoms with E-state index in [9.17, 15) is 4.79 Å². The molecule has 5 heteroatoms. The predicted molar refractivity (Wildman–Crippen MR) is 55.7 cm³/mol. The Kier molecular flexibility index (Phi) is 2.77. The van der Waals surface area contributed by atoms with Crippen LogP contribution in [0.25, 0.3) is 0 Å². The number of ketones is 1. The van der Waals surface area contributed by atoms with E-state index in [0.717, 1.165) is 30.5 Å². The van der Waals surface area contributed by atoms with Gasteiger partial charge in [0, 0.05) is 43.9 Å². The molecule has 0 amide bonds. The zero-order chi connectivity index (χ0) is 9.97. The lowest BCUT2D eigenvalue weighted by Crippen LogP contribution is -2.33. The van der Waals surface area contributed by atoms with Gasteiger partial charge in [0.05, 0.1) is 0 Å². The highest BCUT2D eigenvalue weighted by molar-refractivity contribution is 7.09. The summed E-state index contributed by atoms with van der Waals surface area (Å²) in [6, 6.07) is 0. The Labute approximate surface area is 87.1 Å². The largest absolute Gasteiger partial charge is 0.346 e. The van der Waals surface area contributed by atoms with Gasteiger partial charge in [-0.1, -0.05) is 6.92 Å². The summed E-state index contributed by atoms with van der Waals surface area (Å²) in [5, 5.41) is 0.967. The van der Waals surface area contributed by atoms with Gasteiger partial charge < -0.3 is 4.90 Å². The van der Waals surface area contributed by atoms with Crippen LogP contribution in [0.3, 0.4) is 0 Å². The van der Waals surface area contributed by atoms with E-state index >= 15 is 0 Å². The number of hydrogen-bond donors (Lipinski definition) is 0. The molecule has 0 aliphatic carbocycles. The van der Waals surface area contributed by atoms with E-state index < -0.39 is 0 Å². The van der Waals surface area contributed by atoms with Crippen molar-refractivity contribution in [1.29, 1.82) is 0 Å². The van der Waals surface area contributed by atoms with Crippen molar-refractivity contribution in [2.45, 2.75) is 26.2 Å². The third-order valence-corrected chi connectivity index (χ3v) is 3.18. The SMILES string of the molecule is CCc1nsc(N2CCC(=O)CC2)n1. The number of carbonyl (C=O) groups is 1. The van der Waals surface area contributed by atoms with Crippen LogP contribution < -0.4 is 4.90 Å². The monoisotopic (exact) mass is 211 g/mol. The second-order valence-electron chi connectivity index (χ2n) is 3.37. The van der Waals surface area contributed by atoms with E-state index in [4.69, 9.17) is 0 Å². The van der Waals surface area contributed by atoms with Crippen LogP contribution in [0.4, 0.5) is 5.13 Å². The molecule has 4 nitrogen and oxygen atoms in total. The molecule has 0 atom stereocenters. The topological polar surface area (TPSA) is 46.1 Å². The van der Waals surface area contributed by atoms with Crippen LogP contribution >= 0.6 is 11.5 Å². The van der Waals surface area contributed by atoms with Gasteiger partial charge in [0.2, 0.25) is 5.13 Å². The number of hydrogen-bond acceptors (Lipinski definition) is 5. The fourth-order valence-electron chi connectivity index (χ4n) is 1.46. The molecule has 1 aromatic heterocycles. The van der Waals surface area contributed by atoms with Crippen molar-refractivity contribution in [3.63, 3.8) is 0 Å². The van der Waals surface area contributed by atoms with Crippen molar-refractivity contribution in [3.8, 4) is 0 Å². The van der Waals surface area contributed by atoms with Crippen LogP contribution in [0.15, 0.2) is 0 Å². The van der Waals surface area contributed by atoms with E-state index in [-0.39, 0.29) is 0 Å². The quantitative estimate of drug-likeness (QED) is 0.739. The Bertz CT molecular complexity index is 327. The van der Waals surface area contributed by atoms with Crippen LogP contribution in [-0.4, -0.2) is 28.2 Å². The third-order valence-electron chi connectivity index (χ3n) is 2.37. The molecule has 0 spiro atoms. The molecule has 1 saturated heterocycles. The zero-order valence-corrected chi connectivity index (χ0v) is 9.01. The summed E-state index contributed by atoms with van der Waals surface area (Å²) in [5.74, 6) is 1.27. The molecular formula is C9H13N3OS. The van der Waals surface area contributed by atoms with Gasteiger partial charge in [0.25, 0.3) is 0 Å². The molecule has 0 radical (unpaired) electrons. The molecule has 1 aliphatic heterocycles. The van der Waals surface area contributed by atoms with E-state index in [1.54, 1.807) is 0 Å². The summed E-state index contributed by atoms with van der Waals surface area (Å²) in [6.45, 7) is 3.65. The molecule has 2 heterocycles. The Balaban J connectivity index is 2.04. The predicted octanol–water partition coefficient (Wildman–Crippen LogP) is 1.27. The molecule has 0 aromatic carbocycles. The normalized spacial score (nSPS) is 17.5. The maximum absolute atomic E-state index is 11.0. The van der Waals surface area contributed by atoms with E-state index in [1.165, 1.54) is 11.5 Å². The van der Waals surface area contributed by atoms with Crippen molar-refractivity contribution in [3.05, 3.63) is 5.82 Å². The minimum absolute atomic E-state index is 0.362. The molecule has 2 rings (SSSR count). The summed E-state index contributed by atoms with van der Waals surface area (Å²) in [6.07, 6.45) is 2.19. The molecule has 0 unspecified atom stereocenters. The minimum atomic E-state index is 0.362. The summed E-state index contributed by atoms with van der Waals surface area (Å²) < 4.78 is 4.23. The first-order chi connectivity index (χ1) is 6.79. The molecule has 1 aliphatic rings. The van der Waals surface area contributed by atoms with Crippen LogP contribution in [-0.2, 0) is 11.2 Å². The second kappa shape index (κ2) is 4.04. The third kappa shape index (κ3) is 1.92. The Hall–Kier alpha value is -0.970. The Morgan fingerprint density at radius 1 is 1.43 bits per heavy atom. The van der Waals surface area contributed by atoms with Gasteiger partial charge in [-0.2, -0.15) is 4.37 Å². The van der Waals surface area contributed by atoms with Crippen molar-refractivity contribution in [2.75, 3.05) is 18.0 Å². The average Bonchev–Trinajstić information content (AvgIpc) is 2.67. The van der Waals surface area contributed by atoms with E-state index in [1.807, 2.05) is 6.92 Å². The Morgan fingerprint density at radius 2 is 2.14 bits per heavy atom. The minimum Gasteiger partial charge on any atom is -0.346 e. The van der Waals surface area contributed by atoms with Crippen molar-refractivity contribution in [1.82, 2.24) is 9.36 Å². The maximum Gasteiger partial charge on any atom is 0.205 e. The first-order valence-corrected chi connectivity index (χ1v) is 5.66. The van der Waals surface area contributed by atoms with Gasteiger partial charge in [-0.15, -0.1) is 0 Å². The molecule has 0 bridgehead atoms. The fraction of sp³-hybridized carbons (Fsp3) is 0.667.